The lowest BCUT2D eigenvalue weighted by molar-refractivity contribution is -0.349. The van der Waals surface area contributed by atoms with E-state index in [1.807, 2.05) is 43.1 Å². The predicted molar refractivity (Wildman–Crippen MR) is 132 cm³/mol. The number of hydrogen-bond donors (Lipinski definition) is 2. The molecule has 10 nitrogen and oxygen atoms in total. The number of likely N-dealkylation sites (tertiary alicyclic amines) is 1. The number of H-pyrrole nitrogens is 2. The maximum absolute atomic E-state index is 12.1. The van der Waals surface area contributed by atoms with Crippen molar-refractivity contribution in [1.82, 2.24) is 19.9 Å². The van der Waals surface area contributed by atoms with Gasteiger partial charge in [0.05, 0.1) is 24.6 Å². The zero-order valence-corrected chi connectivity index (χ0v) is 19.8. The lowest BCUT2D eigenvalue weighted by atomic mass is 10.0. The van der Waals surface area contributed by atoms with Crippen LogP contribution in [0.3, 0.4) is 0 Å². The fourth-order valence-corrected chi connectivity index (χ4v) is 4.25. The monoisotopic (exact) mass is 463 g/mol. The lowest BCUT2D eigenvalue weighted by Crippen LogP contribution is -2.49. The Balaban J connectivity index is 1.57. The van der Waals surface area contributed by atoms with Crippen molar-refractivity contribution < 1.29 is 14.6 Å². The molecule has 10 heteroatoms. The molecule has 1 fully saturated rings. The van der Waals surface area contributed by atoms with E-state index in [0.29, 0.717) is 24.6 Å². The maximum Gasteiger partial charge on any atom is 0.351 e. The number of hydrogen-bond acceptors (Lipinski definition) is 6. The van der Waals surface area contributed by atoms with Gasteiger partial charge in [-0.15, -0.1) is 0 Å². The summed E-state index contributed by atoms with van der Waals surface area (Å²) in [5.74, 6) is 1.40. The highest BCUT2D eigenvalue weighted by Crippen LogP contribution is 2.25. The minimum Gasteiger partial charge on any atom is -0.337 e. The second kappa shape index (κ2) is 9.90. The first kappa shape index (κ1) is 23.2. The third-order valence-electron chi connectivity index (χ3n) is 6.29. The summed E-state index contributed by atoms with van der Waals surface area (Å²) >= 11 is 0. The van der Waals surface area contributed by atoms with Crippen LogP contribution in [0, 0.1) is 0 Å². The Bertz CT molecular complexity index is 1190. The molecule has 2 aromatic heterocycles. The van der Waals surface area contributed by atoms with E-state index in [4.69, 9.17) is 0 Å². The maximum atomic E-state index is 12.1. The van der Waals surface area contributed by atoms with Crippen molar-refractivity contribution in [2.45, 2.75) is 32.2 Å². The number of piperidine rings is 1. The molecule has 0 aliphatic carbocycles. The lowest BCUT2D eigenvalue weighted by Gasteiger charge is -2.35. The van der Waals surface area contributed by atoms with Crippen LogP contribution in [0.15, 0.2) is 43.2 Å². The highest BCUT2D eigenvalue weighted by molar-refractivity contribution is 5.92. The summed E-state index contributed by atoms with van der Waals surface area (Å²) < 4.78 is 0. The number of aromatic amines is 2. The van der Waals surface area contributed by atoms with E-state index >= 15 is 0 Å². The van der Waals surface area contributed by atoms with Crippen LogP contribution in [0.2, 0.25) is 0 Å². The average Bonchev–Trinajstić information content (AvgIpc) is 3.35. The van der Waals surface area contributed by atoms with E-state index in [2.05, 4.69) is 36.7 Å². The molecule has 1 atom stereocenters. The molecule has 3 heterocycles. The highest BCUT2D eigenvalue weighted by atomic mass is 16.2. The van der Waals surface area contributed by atoms with E-state index in [1.54, 1.807) is 18.3 Å². The molecule has 0 saturated carbocycles. The molecule has 0 spiro atoms. The summed E-state index contributed by atoms with van der Waals surface area (Å²) in [6.07, 6.45) is 5.35. The minimum atomic E-state index is -0.0411. The summed E-state index contributed by atoms with van der Waals surface area (Å²) in [6, 6.07) is 7.73. The van der Waals surface area contributed by atoms with Gasteiger partial charge in [-0.3, -0.25) is 14.9 Å². The van der Waals surface area contributed by atoms with Gasteiger partial charge < -0.3 is 19.7 Å². The number of carbonyl (C=O) groups is 2. The van der Waals surface area contributed by atoms with E-state index in [9.17, 15) is 9.59 Å². The molecular formula is C24H31N8O2+. The van der Waals surface area contributed by atoms with Gasteiger partial charge in [0.2, 0.25) is 23.3 Å². The van der Waals surface area contributed by atoms with Gasteiger partial charge in [-0.05, 0) is 43.2 Å². The number of likely N-dealkylation sites (N-methyl/N-ethyl adjacent to an activating group) is 1. The zero-order chi connectivity index (χ0) is 24.2. The smallest absolute Gasteiger partial charge is 0.337 e. The first-order valence-corrected chi connectivity index (χ1v) is 11.5. The Morgan fingerprint density at radius 1 is 1.32 bits per heavy atom. The molecule has 3 N–H and O–H groups in total. The van der Waals surface area contributed by atoms with Crippen molar-refractivity contribution in [2.75, 3.05) is 42.3 Å². The Morgan fingerprint density at radius 2 is 2.09 bits per heavy atom. The summed E-state index contributed by atoms with van der Waals surface area (Å²) in [5, 5.41) is 3.30. The SMILES string of the molecule is C=CC(=O)N1CCCC(N(C)c2[nH+]c(Nc3ccc(N(C)C(=O)CC)cc3)nc3nc[nH]c23)C1. The molecule has 1 saturated heterocycles. The summed E-state index contributed by atoms with van der Waals surface area (Å²) in [7, 11) is 3.78. The number of fused-ring (bicyclic) bond motifs is 1. The van der Waals surface area contributed by atoms with Crippen LogP contribution in [0.25, 0.3) is 11.2 Å². The fourth-order valence-electron chi connectivity index (χ4n) is 4.25. The molecule has 178 valence electrons. The minimum absolute atomic E-state index is 0.0411. The number of imidazole rings is 1. The molecule has 0 radical (unpaired) electrons. The molecule has 0 bridgehead atoms. The van der Waals surface area contributed by atoms with Crippen molar-refractivity contribution >= 4 is 46.1 Å². The number of benzene rings is 1. The molecule has 4 rings (SSSR count). The van der Waals surface area contributed by atoms with Gasteiger partial charge in [0.15, 0.2) is 5.52 Å². The first-order chi connectivity index (χ1) is 16.4. The summed E-state index contributed by atoms with van der Waals surface area (Å²) in [4.78, 5) is 45.2. The number of aromatic nitrogens is 4. The van der Waals surface area contributed by atoms with Crippen LogP contribution in [-0.4, -0.2) is 64.9 Å². The third kappa shape index (κ3) is 4.70. The number of carbonyl (C=O) groups excluding carboxylic acids is 2. The van der Waals surface area contributed by atoms with Gasteiger partial charge >= 0.3 is 5.95 Å². The first-order valence-electron chi connectivity index (χ1n) is 11.5. The Morgan fingerprint density at radius 3 is 2.79 bits per heavy atom. The normalized spacial score (nSPS) is 15.7. The molecular weight excluding hydrogens is 432 g/mol. The molecule has 1 unspecified atom stereocenters. The average molecular weight is 464 g/mol. The van der Waals surface area contributed by atoms with Gasteiger partial charge in [-0.25, -0.2) is 9.97 Å². The van der Waals surface area contributed by atoms with Gasteiger partial charge in [0.1, 0.15) is 0 Å². The second-order valence-corrected chi connectivity index (χ2v) is 8.41. The largest absolute Gasteiger partial charge is 0.351 e. The van der Waals surface area contributed by atoms with Crippen LogP contribution in [0.1, 0.15) is 26.2 Å². The molecule has 34 heavy (non-hydrogen) atoms. The van der Waals surface area contributed by atoms with Crippen LogP contribution in [0.4, 0.5) is 23.1 Å². The number of rotatable bonds is 7. The second-order valence-electron chi connectivity index (χ2n) is 8.41. The highest BCUT2D eigenvalue weighted by Gasteiger charge is 2.30. The quantitative estimate of drug-likeness (QED) is 0.521. The van der Waals surface area contributed by atoms with Crippen LogP contribution in [-0.2, 0) is 9.59 Å². The van der Waals surface area contributed by atoms with E-state index in [-0.39, 0.29) is 17.9 Å². The molecule has 3 aromatic rings. The molecule has 1 aromatic carbocycles. The Labute approximate surface area is 198 Å². The van der Waals surface area contributed by atoms with Crippen LogP contribution < -0.4 is 20.1 Å². The van der Waals surface area contributed by atoms with E-state index in [1.165, 1.54) is 6.08 Å². The fraction of sp³-hybridized carbons (Fsp3) is 0.375. The predicted octanol–water partition coefficient (Wildman–Crippen LogP) is 2.50. The summed E-state index contributed by atoms with van der Waals surface area (Å²) in [6.45, 7) is 6.84. The van der Waals surface area contributed by atoms with Crippen molar-refractivity contribution in [3.8, 4) is 0 Å². The Kier molecular flexibility index (Phi) is 6.76. The molecule has 2 amide bonds. The van der Waals surface area contributed by atoms with Gasteiger partial charge in [0.25, 0.3) is 0 Å². The van der Waals surface area contributed by atoms with Crippen LogP contribution in [0.5, 0.6) is 0 Å². The van der Waals surface area contributed by atoms with Crippen molar-refractivity contribution in [1.29, 1.82) is 0 Å². The zero-order valence-electron chi connectivity index (χ0n) is 19.8. The number of amides is 2. The number of nitrogens with one attached hydrogen (secondary N) is 3. The number of anilines is 4. The van der Waals surface area contributed by atoms with Crippen molar-refractivity contribution in [2.24, 2.45) is 0 Å². The molecule has 1 aliphatic rings. The van der Waals surface area contributed by atoms with Crippen molar-refractivity contribution in [3.63, 3.8) is 0 Å². The topological polar surface area (TPSA) is 112 Å². The van der Waals surface area contributed by atoms with Gasteiger partial charge in [-0.2, -0.15) is 0 Å². The standard InChI is InChI=1S/C24H30N8O2/c1-5-19(33)30(3)17-11-9-16(10-12-17)27-24-28-22-21(25-15-26-22)23(29-24)31(4)18-8-7-13-32(14-18)20(34)6-2/h6,9-12,15,18H,2,5,7-8,13-14H2,1,3-4H3,(H2,25,26,27,28,29)/p+1. The molecule has 1 aliphatic heterocycles. The van der Waals surface area contributed by atoms with Crippen molar-refractivity contribution in [3.05, 3.63) is 43.2 Å². The third-order valence-corrected chi connectivity index (χ3v) is 6.29. The van der Waals surface area contributed by atoms with E-state index in [0.717, 1.165) is 42.1 Å². The van der Waals surface area contributed by atoms with E-state index < -0.39 is 0 Å². The summed E-state index contributed by atoms with van der Waals surface area (Å²) in [5.41, 5.74) is 3.04. The van der Waals surface area contributed by atoms with Gasteiger partial charge in [0, 0.05) is 32.7 Å². The Hall–Kier alpha value is -3.95. The van der Waals surface area contributed by atoms with Crippen LogP contribution >= 0.6 is 0 Å². The van der Waals surface area contributed by atoms with Gasteiger partial charge in [-0.1, -0.05) is 18.5 Å². The number of nitrogens with zero attached hydrogens (tertiary/aromatic N) is 5.